The molecule has 0 aliphatic carbocycles. The van der Waals surface area contributed by atoms with Gasteiger partial charge >= 0.3 is 0 Å². The lowest BCUT2D eigenvalue weighted by atomic mass is 10.0. The maximum absolute atomic E-state index is 5.24. The van der Waals surface area contributed by atoms with Gasteiger partial charge in [0.15, 0.2) is 5.96 Å². The van der Waals surface area contributed by atoms with Crippen LogP contribution in [0.1, 0.15) is 37.8 Å². The Morgan fingerprint density at radius 3 is 2.32 bits per heavy atom. The van der Waals surface area contributed by atoms with Crippen molar-refractivity contribution in [3.8, 4) is 0 Å². The average Bonchev–Trinajstić information content (AvgIpc) is 2.52. The number of ether oxygens (including phenoxy) is 1. The highest BCUT2D eigenvalue weighted by molar-refractivity contribution is 14.0. The lowest BCUT2D eigenvalue weighted by molar-refractivity contribution is 0.184. The molecule has 4 nitrogen and oxygen atoms in total. The summed E-state index contributed by atoms with van der Waals surface area (Å²) in [5.74, 6) is 1.55. The number of guanidine groups is 1. The average molecular weight is 419 g/mol. The first-order chi connectivity index (χ1) is 10.2. The van der Waals surface area contributed by atoms with E-state index in [4.69, 9.17) is 4.74 Å². The molecule has 0 atom stereocenters. The number of nitrogens with zero attached hydrogens (tertiary/aromatic N) is 1. The summed E-state index contributed by atoms with van der Waals surface area (Å²) in [4.78, 5) is 4.28. The third-order valence-electron chi connectivity index (χ3n) is 3.80. The fourth-order valence-electron chi connectivity index (χ4n) is 2.24. The van der Waals surface area contributed by atoms with Gasteiger partial charge in [0.1, 0.15) is 0 Å². The highest BCUT2D eigenvalue weighted by Crippen LogP contribution is 2.09. The highest BCUT2D eigenvalue weighted by atomic mass is 127. The zero-order valence-corrected chi connectivity index (χ0v) is 16.5. The van der Waals surface area contributed by atoms with Crippen LogP contribution in [-0.4, -0.2) is 26.7 Å². The number of hydrogen-bond donors (Lipinski definition) is 2. The molecule has 0 aliphatic rings. The monoisotopic (exact) mass is 419 g/mol. The van der Waals surface area contributed by atoms with Crippen molar-refractivity contribution in [1.82, 2.24) is 10.6 Å². The van der Waals surface area contributed by atoms with Crippen molar-refractivity contribution in [2.45, 2.75) is 39.8 Å². The predicted molar refractivity (Wildman–Crippen MR) is 105 cm³/mol. The summed E-state index contributed by atoms with van der Waals surface area (Å²) in [5, 5.41) is 6.77. The molecule has 0 heterocycles. The van der Waals surface area contributed by atoms with E-state index in [2.05, 4.69) is 47.7 Å². The van der Waals surface area contributed by atoms with E-state index in [1.807, 2.05) is 13.1 Å². The second kappa shape index (κ2) is 12.7. The summed E-state index contributed by atoms with van der Waals surface area (Å²) in [6, 6.07) is 8.31. The Morgan fingerprint density at radius 2 is 1.77 bits per heavy atom. The van der Waals surface area contributed by atoms with Crippen LogP contribution in [0.15, 0.2) is 29.3 Å². The number of hydrogen-bond acceptors (Lipinski definition) is 2. The first kappa shape index (κ1) is 21.2. The van der Waals surface area contributed by atoms with Gasteiger partial charge in [-0.15, -0.1) is 24.0 Å². The van der Waals surface area contributed by atoms with E-state index in [1.165, 1.54) is 24.0 Å². The molecule has 0 aliphatic heterocycles. The molecular formula is C17H30IN3O. The summed E-state index contributed by atoms with van der Waals surface area (Å²) in [6.45, 7) is 6.81. The third kappa shape index (κ3) is 7.45. The van der Waals surface area contributed by atoms with Crippen LogP contribution < -0.4 is 10.6 Å². The van der Waals surface area contributed by atoms with Crippen molar-refractivity contribution in [3.63, 3.8) is 0 Å². The molecule has 126 valence electrons. The van der Waals surface area contributed by atoms with Crippen LogP contribution in [0.4, 0.5) is 0 Å². The number of benzene rings is 1. The van der Waals surface area contributed by atoms with E-state index in [0.29, 0.717) is 12.5 Å². The molecule has 0 aromatic heterocycles. The van der Waals surface area contributed by atoms with Gasteiger partial charge in [-0.1, -0.05) is 51.0 Å². The first-order valence-corrected chi connectivity index (χ1v) is 7.75. The van der Waals surface area contributed by atoms with Crippen molar-refractivity contribution in [3.05, 3.63) is 35.4 Å². The number of halogens is 1. The van der Waals surface area contributed by atoms with E-state index < -0.39 is 0 Å². The van der Waals surface area contributed by atoms with Gasteiger partial charge in [0, 0.05) is 27.2 Å². The fraction of sp³-hybridized carbons (Fsp3) is 0.588. The van der Waals surface area contributed by atoms with Gasteiger partial charge in [-0.2, -0.15) is 0 Å². The third-order valence-corrected chi connectivity index (χ3v) is 3.80. The molecule has 22 heavy (non-hydrogen) atoms. The maximum Gasteiger partial charge on any atom is 0.191 e. The van der Waals surface area contributed by atoms with Crippen LogP contribution in [0.2, 0.25) is 0 Å². The van der Waals surface area contributed by atoms with E-state index in [0.717, 1.165) is 19.0 Å². The Balaban J connectivity index is 0.00000441. The Labute approximate surface area is 152 Å². The van der Waals surface area contributed by atoms with Crippen LogP contribution in [0, 0.1) is 5.92 Å². The Morgan fingerprint density at radius 1 is 1.14 bits per heavy atom. The minimum atomic E-state index is 0. The van der Waals surface area contributed by atoms with Crippen LogP contribution in [0.5, 0.6) is 0 Å². The molecule has 0 saturated heterocycles. The van der Waals surface area contributed by atoms with Gasteiger partial charge in [0.2, 0.25) is 0 Å². The predicted octanol–water partition coefficient (Wildman–Crippen LogP) is 3.55. The molecule has 0 spiro atoms. The van der Waals surface area contributed by atoms with Gasteiger partial charge < -0.3 is 15.4 Å². The maximum atomic E-state index is 5.24. The lowest BCUT2D eigenvalue weighted by Crippen LogP contribution is -2.39. The standard InChI is InChI=1S/C17H29N3O.HI/c1-5-14(6-2)11-19-17(18-3)20-12-15-9-7-8-10-16(15)13-21-4;/h7-10,14H,5-6,11-13H2,1-4H3,(H2,18,19,20);1H. The van der Waals surface area contributed by atoms with Crippen LogP contribution >= 0.6 is 24.0 Å². The van der Waals surface area contributed by atoms with Crippen molar-refractivity contribution >= 4 is 29.9 Å². The van der Waals surface area contributed by atoms with Crippen molar-refractivity contribution in [1.29, 1.82) is 0 Å². The smallest absolute Gasteiger partial charge is 0.191 e. The minimum absolute atomic E-state index is 0. The summed E-state index contributed by atoms with van der Waals surface area (Å²) >= 11 is 0. The molecule has 0 bridgehead atoms. The molecular weight excluding hydrogens is 389 g/mol. The molecule has 0 unspecified atom stereocenters. The molecule has 1 aromatic rings. The van der Waals surface area contributed by atoms with Gasteiger partial charge in [-0.3, -0.25) is 4.99 Å². The molecule has 0 amide bonds. The zero-order valence-electron chi connectivity index (χ0n) is 14.2. The summed E-state index contributed by atoms with van der Waals surface area (Å²) in [7, 11) is 3.53. The molecule has 0 saturated carbocycles. The molecule has 1 rings (SSSR count). The SMILES string of the molecule is CCC(CC)CNC(=NC)NCc1ccccc1COC.I. The van der Waals surface area contributed by atoms with E-state index in [-0.39, 0.29) is 24.0 Å². The summed E-state index contributed by atoms with van der Waals surface area (Å²) < 4.78 is 5.24. The summed E-state index contributed by atoms with van der Waals surface area (Å²) in [5.41, 5.74) is 2.45. The fourth-order valence-corrected chi connectivity index (χ4v) is 2.24. The molecule has 1 aromatic carbocycles. The van der Waals surface area contributed by atoms with Crippen LogP contribution in [0.25, 0.3) is 0 Å². The summed E-state index contributed by atoms with van der Waals surface area (Å²) in [6.07, 6.45) is 2.38. The second-order valence-corrected chi connectivity index (χ2v) is 5.19. The van der Waals surface area contributed by atoms with Crippen molar-refractivity contribution < 1.29 is 4.74 Å². The van der Waals surface area contributed by atoms with Crippen molar-refractivity contribution in [2.24, 2.45) is 10.9 Å². The zero-order chi connectivity index (χ0) is 15.5. The topological polar surface area (TPSA) is 45.7 Å². The Hall–Kier alpha value is -0.820. The quantitative estimate of drug-likeness (QED) is 0.385. The largest absolute Gasteiger partial charge is 0.380 e. The van der Waals surface area contributed by atoms with Crippen molar-refractivity contribution in [2.75, 3.05) is 20.7 Å². The van der Waals surface area contributed by atoms with Crippen LogP contribution in [0.3, 0.4) is 0 Å². The molecule has 0 radical (unpaired) electrons. The molecule has 2 N–H and O–H groups in total. The van der Waals surface area contributed by atoms with E-state index in [1.54, 1.807) is 7.11 Å². The second-order valence-electron chi connectivity index (χ2n) is 5.19. The highest BCUT2D eigenvalue weighted by Gasteiger charge is 2.06. The Bertz CT molecular complexity index is 434. The van der Waals surface area contributed by atoms with Crippen LogP contribution in [-0.2, 0) is 17.9 Å². The number of aliphatic imine (C=N–C) groups is 1. The molecule has 5 heteroatoms. The van der Waals surface area contributed by atoms with Gasteiger partial charge in [0.25, 0.3) is 0 Å². The van der Waals surface area contributed by atoms with Gasteiger partial charge in [0.05, 0.1) is 6.61 Å². The first-order valence-electron chi connectivity index (χ1n) is 7.75. The van der Waals surface area contributed by atoms with Gasteiger partial charge in [-0.05, 0) is 17.0 Å². The normalized spacial score (nSPS) is 11.2. The van der Waals surface area contributed by atoms with E-state index >= 15 is 0 Å². The number of nitrogens with one attached hydrogen (secondary N) is 2. The molecule has 0 fully saturated rings. The number of methoxy groups -OCH3 is 1. The van der Waals surface area contributed by atoms with E-state index in [9.17, 15) is 0 Å². The Kier molecular flexibility index (Phi) is 12.2. The van der Waals surface area contributed by atoms with Gasteiger partial charge in [-0.25, -0.2) is 0 Å². The lowest BCUT2D eigenvalue weighted by Gasteiger charge is -2.17. The minimum Gasteiger partial charge on any atom is -0.380 e. The number of rotatable bonds is 8.